The average Bonchev–Trinajstić information content (AvgIpc) is 2.53. The van der Waals surface area contributed by atoms with Crippen molar-refractivity contribution >= 4 is 0 Å². The molecule has 0 saturated carbocycles. The Morgan fingerprint density at radius 3 is 1.58 bits per heavy atom. The van der Waals surface area contributed by atoms with Crippen LogP contribution in [0.5, 0.6) is 0 Å². The minimum Gasteiger partial charge on any atom is -0.382 e. The Hall–Kier alpha value is -0.120. The number of ether oxygens (including phenoxy) is 2. The molecule has 1 fully saturated rings. The van der Waals surface area contributed by atoms with Gasteiger partial charge in [0.1, 0.15) is 0 Å². The van der Waals surface area contributed by atoms with Gasteiger partial charge in [0.05, 0.1) is 13.2 Å². The fourth-order valence-electron chi connectivity index (χ4n) is 1.04. The number of hydrogen-bond acceptors (Lipinski definition) is 3. The summed E-state index contributed by atoms with van der Waals surface area (Å²) in [5.74, 6) is 0. The second-order valence-corrected chi connectivity index (χ2v) is 3.00. The molecule has 0 N–H and O–H groups in total. The number of hydrogen-bond donors (Lipinski definition) is 0. The lowest BCUT2D eigenvalue weighted by Gasteiger charge is -2.01. The second kappa shape index (κ2) is 8.97. The van der Waals surface area contributed by atoms with Gasteiger partial charge in [0.2, 0.25) is 0 Å². The summed E-state index contributed by atoms with van der Waals surface area (Å²) >= 11 is 0. The summed E-state index contributed by atoms with van der Waals surface area (Å²) in [6.07, 6.45) is 2.83. The van der Waals surface area contributed by atoms with Crippen LogP contribution in [-0.4, -0.2) is 52.5 Å². The highest BCUT2D eigenvalue weighted by Crippen LogP contribution is 2.01. The first-order valence-electron chi connectivity index (χ1n) is 4.47. The normalized spacial score (nSPS) is 17.2. The summed E-state index contributed by atoms with van der Waals surface area (Å²) in [5, 5.41) is 0. The fourth-order valence-corrected chi connectivity index (χ4v) is 1.04. The first-order chi connectivity index (χ1) is 5.81. The van der Waals surface area contributed by atoms with Crippen LogP contribution in [0.4, 0.5) is 0 Å². The van der Waals surface area contributed by atoms with E-state index in [9.17, 15) is 0 Å². The van der Waals surface area contributed by atoms with Crippen molar-refractivity contribution in [1.29, 1.82) is 0 Å². The molecule has 1 heterocycles. The lowest BCUT2D eigenvalue weighted by atomic mass is 10.4. The number of methoxy groups -OCH3 is 2. The molecule has 0 spiro atoms. The first-order valence-corrected chi connectivity index (χ1v) is 4.47. The van der Waals surface area contributed by atoms with Crippen LogP contribution in [0.25, 0.3) is 0 Å². The van der Waals surface area contributed by atoms with E-state index in [1.165, 1.54) is 25.9 Å². The predicted molar refractivity (Wildman–Crippen MR) is 50.5 cm³/mol. The van der Waals surface area contributed by atoms with Crippen molar-refractivity contribution in [2.45, 2.75) is 12.8 Å². The third-order valence-electron chi connectivity index (χ3n) is 1.82. The minimum atomic E-state index is 0.691. The summed E-state index contributed by atoms with van der Waals surface area (Å²) in [4.78, 5) is 2.36. The molecule has 0 aromatic heterocycles. The van der Waals surface area contributed by atoms with Gasteiger partial charge in [-0.05, 0) is 33.0 Å². The Kier molecular flexibility index (Phi) is 8.88. The highest BCUT2D eigenvalue weighted by molar-refractivity contribution is 4.59. The number of likely N-dealkylation sites (tertiary alicyclic amines) is 1. The molecule has 74 valence electrons. The first kappa shape index (κ1) is 11.9. The van der Waals surface area contributed by atoms with Crippen LogP contribution in [0.15, 0.2) is 0 Å². The van der Waals surface area contributed by atoms with E-state index >= 15 is 0 Å². The molecule has 0 unspecified atom stereocenters. The van der Waals surface area contributed by atoms with E-state index < -0.39 is 0 Å². The van der Waals surface area contributed by atoms with Gasteiger partial charge in [-0.3, -0.25) is 0 Å². The SMILES string of the molecule is CN1CCCC1.COCCOC. The van der Waals surface area contributed by atoms with Gasteiger partial charge in [-0.15, -0.1) is 0 Å². The van der Waals surface area contributed by atoms with Gasteiger partial charge in [-0.2, -0.15) is 0 Å². The standard InChI is InChI=1S/C5H11N.C4H10O2/c1-6-4-2-3-5-6;1-5-3-4-6-2/h2-5H2,1H3;3-4H2,1-2H3. The van der Waals surface area contributed by atoms with E-state index in [0.717, 1.165) is 0 Å². The maximum absolute atomic E-state index is 4.66. The molecule has 1 aliphatic heterocycles. The Labute approximate surface area is 75.6 Å². The molecule has 0 amide bonds. The van der Waals surface area contributed by atoms with Crippen LogP contribution in [0.3, 0.4) is 0 Å². The number of nitrogens with zero attached hydrogens (tertiary/aromatic N) is 1. The molecule has 3 heteroatoms. The summed E-state index contributed by atoms with van der Waals surface area (Å²) in [6.45, 7) is 4.02. The Bertz CT molecular complexity index is 78.6. The molecular weight excluding hydrogens is 154 g/mol. The van der Waals surface area contributed by atoms with Crippen molar-refractivity contribution in [3.63, 3.8) is 0 Å². The maximum Gasteiger partial charge on any atom is 0.0696 e. The summed E-state index contributed by atoms with van der Waals surface area (Å²) in [6, 6.07) is 0. The van der Waals surface area contributed by atoms with Gasteiger partial charge in [-0.25, -0.2) is 0 Å². The molecule has 0 aromatic carbocycles. The van der Waals surface area contributed by atoms with E-state index in [1.807, 2.05) is 0 Å². The van der Waals surface area contributed by atoms with Crippen LogP contribution in [0.2, 0.25) is 0 Å². The summed E-state index contributed by atoms with van der Waals surface area (Å²) < 4.78 is 9.31. The Morgan fingerprint density at radius 1 is 1.00 bits per heavy atom. The maximum atomic E-state index is 4.66. The third kappa shape index (κ3) is 7.98. The molecule has 0 radical (unpaired) electrons. The Balaban J connectivity index is 0.000000202. The van der Waals surface area contributed by atoms with Crippen molar-refractivity contribution in [3.8, 4) is 0 Å². The molecular formula is C9H21NO2. The lowest BCUT2D eigenvalue weighted by molar-refractivity contribution is 0.103. The fraction of sp³-hybridized carbons (Fsp3) is 1.00. The quantitative estimate of drug-likeness (QED) is 0.597. The van der Waals surface area contributed by atoms with E-state index in [4.69, 9.17) is 0 Å². The highest BCUT2D eigenvalue weighted by atomic mass is 16.5. The van der Waals surface area contributed by atoms with E-state index in [1.54, 1.807) is 14.2 Å². The summed E-state index contributed by atoms with van der Waals surface area (Å²) in [7, 11) is 5.48. The molecule has 0 atom stereocenters. The van der Waals surface area contributed by atoms with Crippen LogP contribution in [-0.2, 0) is 9.47 Å². The molecule has 0 aliphatic carbocycles. The van der Waals surface area contributed by atoms with E-state index in [0.29, 0.717) is 13.2 Å². The molecule has 0 bridgehead atoms. The summed E-state index contributed by atoms with van der Waals surface area (Å²) in [5.41, 5.74) is 0. The molecule has 0 aromatic rings. The molecule has 1 rings (SSSR count). The van der Waals surface area contributed by atoms with Crippen molar-refractivity contribution < 1.29 is 9.47 Å². The average molecular weight is 175 g/mol. The molecule has 1 aliphatic rings. The lowest BCUT2D eigenvalue weighted by Crippen LogP contribution is -2.10. The van der Waals surface area contributed by atoms with Crippen LogP contribution in [0, 0.1) is 0 Å². The van der Waals surface area contributed by atoms with Crippen LogP contribution >= 0.6 is 0 Å². The zero-order valence-corrected chi connectivity index (χ0v) is 8.51. The number of rotatable bonds is 3. The zero-order valence-electron chi connectivity index (χ0n) is 8.51. The van der Waals surface area contributed by atoms with Crippen molar-refractivity contribution in [1.82, 2.24) is 4.90 Å². The van der Waals surface area contributed by atoms with Crippen LogP contribution < -0.4 is 0 Å². The van der Waals surface area contributed by atoms with Gasteiger partial charge in [-0.1, -0.05) is 0 Å². The Morgan fingerprint density at radius 2 is 1.42 bits per heavy atom. The largest absolute Gasteiger partial charge is 0.382 e. The van der Waals surface area contributed by atoms with Crippen molar-refractivity contribution in [2.75, 3.05) is 47.6 Å². The van der Waals surface area contributed by atoms with Gasteiger partial charge >= 0.3 is 0 Å². The molecule has 1 saturated heterocycles. The van der Waals surface area contributed by atoms with Gasteiger partial charge in [0.25, 0.3) is 0 Å². The molecule has 12 heavy (non-hydrogen) atoms. The van der Waals surface area contributed by atoms with E-state index in [2.05, 4.69) is 21.4 Å². The van der Waals surface area contributed by atoms with Gasteiger partial charge in [0.15, 0.2) is 0 Å². The van der Waals surface area contributed by atoms with Crippen LogP contribution in [0.1, 0.15) is 12.8 Å². The van der Waals surface area contributed by atoms with Crippen molar-refractivity contribution in [3.05, 3.63) is 0 Å². The van der Waals surface area contributed by atoms with Gasteiger partial charge < -0.3 is 14.4 Å². The smallest absolute Gasteiger partial charge is 0.0696 e. The second-order valence-electron chi connectivity index (χ2n) is 3.00. The zero-order chi connectivity index (χ0) is 9.23. The highest BCUT2D eigenvalue weighted by Gasteiger charge is 2.03. The van der Waals surface area contributed by atoms with E-state index in [-0.39, 0.29) is 0 Å². The molecule has 3 nitrogen and oxygen atoms in total. The van der Waals surface area contributed by atoms with Crippen molar-refractivity contribution in [2.24, 2.45) is 0 Å². The minimum absolute atomic E-state index is 0.691. The topological polar surface area (TPSA) is 21.7 Å². The third-order valence-corrected chi connectivity index (χ3v) is 1.82. The predicted octanol–water partition coefficient (Wildman–Crippen LogP) is 0.991. The monoisotopic (exact) mass is 175 g/mol. The van der Waals surface area contributed by atoms with Gasteiger partial charge in [0, 0.05) is 14.2 Å².